The lowest BCUT2D eigenvalue weighted by molar-refractivity contribution is -0.168. The van der Waals surface area contributed by atoms with Crippen molar-refractivity contribution in [2.45, 2.75) is 69.6 Å². The van der Waals surface area contributed by atoms with Gasteiger partial charge in [-0.15, -0.1) is 11.3 Å². The molecule has 1 aromatic rings. The van der Waals surface area contributed by atoms with Crippen molar-refractivity contribution in [2.24, 2.45) is 5.92 Å². The molecule has 0 unspecified atom stereocenters. The molecule has 1 aromatic heterocycles. The van der Waals surface area contributed by atoms with Crippen LogP contribution >= 0.6 is 11.3 Å². The average molecular weight is 449 g/mol. The van der Waals surface area contributed by atoms with E-state index in [9.17, 15) is 9.90 Å². The Morgan fingerprint density at radius 2 is 2.03 bits per heavy atom. The number of amides is 1. The fourth-order valence-corrected chi connectivity index (χ4v) is 7.12. The number of nitrogens with zero attached hydrogens (tertiary/aromatic N) is 2. The van der Waals surface area contributed by atoms with Crippen molar-refractivity contribution in [3.05, 3.63) is 21.4 Å². The van der Waals surface area contributed by atoms with Gasteiger partial charge in [0.05, 0.1) is 12.2 Å². The molecule has 0 saturated carbocycles. The van der Waals surface area contributed by atoms with Gasteiger partial charge in [0, 0.05) is 80.4 Å². The van der Waals surface area contributed by atoms with Crippen LogP contribution in [0.2, 0.25) is 0 Å². The summed E-state index contributed by atoms with van der Waals surface area (Å²) in [4.78, 5) is 20.2. The summed E-state index contributed by atoms with van der Waals surface area (Å²) in [6, 6.07) is 2.88. The number of piperidine rings is 1. The van der Waals surface area contributed by atoms with Crippen molar-refractivity contribution in [3.63, 3.8) is 0 Å². The monoisotopic (exact) mass is 448 g/mol. The van der Waals surface area contributed by atoms with E-state index < -0.39 is 5.60 Å². The number of carbonyl (C=O) groups excluding carboxylic acids is 1. The lowest BCUT2D eigenvalue weighted by atomic mass is 9.79. The van der Waals surface area contributed by atoms with Crippen molar-refractivity contribution in [2.75, 3.05) is 46.0 Å². The maximum atomic E-state index is 12.7. The Hall–Kier alpha value is -0.990. The number of aryl methyl sites for hydroxylation is 1. The summed E-state index contributed by atoms with van der Waals surface area (Å²) >= 11 is 1.98. The van der Waals surface area contributed by atoms with Crippen molar-refractivity contribution in [1.29, 1.82) is 0 Å². The highest BCUT2D eigenvalue weighted by Crippen LogP contribution is 2.46. The Morgan fingerprint density at radius 1 is 1.26 bits per heavy atom. The third-order valence-electron chi connectivity index (χ3n) is 7.91. The summed E-state index contributed by atoms with van der Waals surface area (Å²) < 4.78 is 11.8. The van der Waals surface area contributed by atoms with Crippen LogP contribution in [-0.2, 0) is 32.7 Å². The molecule has 31 heavy (non-hydrogen) atoms. The zero-order valence-corrected chi connectivity index (χ0v) is 19.7. The van der Waals surface area contributed by atoms with Crippen LogP contribution in [0.25, 0.3) is 0 Å². The zero-order valence-electron chi connectivity index (χ0n) is 18.9. The minimum absolute atomic E-state index is 0.0926. The fraction of sp³-hybridized carbons (Fsp3) is 0.792. The number of hydrogen-bond donors (Lipinski definition) is 1. The molecule has 1 spiro atoms. The van der Waals surface area contributed by atoms with Gasteiger partial charge in [0.25, 0.3) is 5.91 Å². The number of aliphatic hydroxyl groups is 1. The number of carbonyl (C=O) groups is 1. The number of thiophene rings is 1. The van der Waals surface area contributed by atoms with Crippen molar-refractivity contribution < 1.29 is 19.4 Å². The standard InChI is InChI=1S/C24H36N2O4S/c1-3-19-12-20-21(31-19)4-9-30-24(20)5-8-25(17(2)13-24)14-18-15-26(16-18)22(27)23(28)6-10-29-11-7-23/h12,17-18,28H,3-11,13-16H2,1-2H3/t17-,24+/m0/s1. The topological polar surface area (TPSA) is 62.2 Å². The molecule has 172 valence electrons. The van der Waals surface area contributed by atoms with Gasteiger partial charge in [0.1, 0.15) is 5.60 Å². The second kappa shape index (κ2) is 8.41. The van der Waals surface area contributed by atoms with E-state index in [-0.39, 0.29) is 11.5 Å². The molecule has 2 atom stereocenters. The Morgan fingerprint density at radius 3 is 2.74 bits per heavy atom. The van der Waals surface area contributed by atoms with E-state index in [0.717, 1.165) is 58.5 Å². The summed E-state index contributed by atoms with van der Waals surface area (Å²) in [6.45, 7) is 9.96. The van der Waals surface area contributed by atoms with E-state index in [4.69, 9.17) is 9.47 Å². The lowest BCUT2D eigenvalue weighted by Crippen LogP contribution is -2.62. The summed E-state index contributed by atoms with van der Waals surface area (Å²) in [5, 5.41) is 10.7. The van der Waals surface area contributed by atoms with Gasteiger partial charge in [0.15, 0.2) is 0 Å². The molecule has 3 saturated heterocycles. The van der Waals surface area contributed by atoms with Crippen LogP contribution < -0.4 is 0 Å². The molecule has 4 aliphatic rings. The van der Waals surface area contributed by atoms with Crippen molar-refractivity contribution >= 4 is 17.2 Å². The van der Waals surface area contributed by atoms with Crippen LogP contribution in [-0.4, -0.2) is 78.5 Å². The first-order valence-electron chi connectivity index (χ1n) is 12.0. The van der Waals surface area contributed by atoms with Crippen LogP contribution in [0.15, 0.2) is 6.07 Å². The predicted molar refractivity (Wildman–Crippen MR) is 120 cm³/mol. The molecular formula is C24H36N2O4S. The third kappa shape index (κ3) is 3.97. The SMILES string of the molecule is CCc1cc2c(s1)CCO[C@@]21CCN(CC2CN(C(=O)C3(O)CCOCC3)C2)[C@@H](C)C1. The third-order valence-corrected chi connectivity index (χ3v) is 9.25. The number of ether oxygens (including phenoxy) is 2. The molecule has 3 fully saturated rings. The van der Waals surface area contributed by atoms with Crippen LogP contribution in [0.5, 0.6) is 0 Å². The molecule has 5 rings (SSSR count). The molecule has 7 heteroatoms. The smallest absolute Gasteiger partial charge is 0.254 e. The number of fused-ring (bicyclic) bond motifs is 2. The van der Waals surface area contributed by atoms with Crippen LogP contribution in [0.3, 0.4) is 0 Å². The molecule has 0 radical (unpaired) electrons. The van der Waals surface area contributed by atoms with E-state index >= 15 is 0 Å². The summed E-state index contributed by atoms with van der Waals surface area (Å²) in [6.07, 6.45) is 5.11. The lowest BCUT2D eigenvalue weighted by Gasteiger charge is -2.50. The normalized spacial score (nSPS) is 31.5. The highest BCUT2D eigenvalue weighted by atomic mass is 32.1. The van der Waals surface area contributed by atoms with Crippen LogP contribution in [0.1, 0.15) is 54.8 Å². The maximum absolute atomic E-state index is 12.7. The van der Waals surface area contributed by atoms with Gasteiger partial charge in [0.2, 0.25) is 0 Å². The van der Waals surface area contributed by atoms with E-state index in [0.29, 0.717) is 38.0 Å². The molecule has 1 amide bonds. The first-order chi connectivity index (χ1) is 14.9. The second-order valence-corrected chi connectivity index (χ2v) is 11.2. The largest absolute Gasteiger partial charge is 0.381 e. The minimum Gasteiger partial charge on any atom is -0.381 e. The van der Waals surface area contributed by atoms with Crippen LogP contribution in [0.4, 0.5) is 0 Å². The Balaban J connectivity index is 1.16. The molecule has 5 heterocycles. The number of likely N-dealkylation sites (tertiary alicyclic amines) is 2. The summed E-state index contributed by atoms with van der Waals surface area (Å²) in [5.74, 6) is 0.407. The van der Waals surface area contributed by atoms with Crippen molar-refractivity contribution in [3.8, 4) is 0 Å². The average Bonchev–Trinajstić information content (AvgIpc) is 3.17. The van der Waals surface area contributed by atoms with Gasteiger partial charge in [-0.2, -0.15) is 0 Å². The zero-order chi connectivity index (χ0) is 21.6. The molecular weight excluding hydrogens is 412 g/mol. The van der Waals surface area contributed by atoms with E-state index in [1.807, 2.05) is 16.2 Å². The maximum Gasteiger partial charge on any atom is 0.254 e. The Bertz CT molecular complexity index is 815. The first-order valence-corrected chi connectivity index (χ1v) is 12.8. The molecule has 4 aliphatic heterocycles. The molecule has 0 aliphatic carbocycles. The molecule has 6 nitrogen and oxygen atoms in total. The Labute approximate surface area is 189 Å². The molecule has 1 N–H and O–H groups in total. The predicted octanol–water partition coefficient (Wildman–Crippen LogP) is 2.56. The number of rotatable bonds is 4. The highest BCUT2D eigenvalue weighted by molar-refractivity contribution is 7.12. The van der Waals surface area contributed by atoms with Gasteiger partial charge in [-0.3, -0.25) is 4.79 Å². The number of hydrogen-bond acceptors (Lipinski definition) is 6. The van der Waals surface area contributed by atoms with E-state index in [1.54, 1.807) is 4.88 Å². The van der Waals surface area contributed by atoms with Crippen LogP contribution in [0, 0.1) is 5.92 Å². The van der Waals surface area contributed by atoms with Gasteiger partial charge in [-0.25, -0.2) is 0 Å². The Kier molecular flexibility index (Phi) is 5.93. The van der Waals surface area contributed by atoms with Gasteiger partial charge in [-0.1, -0.05) is 6.92 Å². The van der Waals surface area contributed by atoms with Gasteiger partial charge >= 0.3 is 0 Å². The second-order valence-electron chi connectivity index (χ2n) is 10.0. The summed E-state index contributed by atoms with van der Waals surface area (Å²) in [5.41, 5.74) is 0.167. The quantitative estimate of drug-likeness (QED) is 0.767. The summed E-state index contributed by atoms with van der Waals surface area (Å²) in [7, 11) is 0. The highest BCUT2D eigenvalue weighted by Gasteiger charge is 2.47. The van der Waals surface area contributed by atoms with E-state index in [2.05, 4.69) is 24.8 Å². The first kappa shape index (κ1) is 21.8. The fourth-order valence-electron chi connectivity index (χ4n) is 5.95. The van der Waals surface area contributed by atoms with Gasteiger partial charge < -0.3 is 24.4 Å². The van der Waals surface area contributed by atoms with E-state index in [1.165, 1.54) is 10.4 Å². The minimum atomic E-state index is -1.21. The van der Waals surface area contributed by atoms with Crippen molar-refractivity contribution in [1.82, 2.24) is 9.80 Å². The molecule has 0 aromatic carbocycles. The molecule has 0 bridgehead atoms. The van der Waals surface area contributed by atoms with Gasteiger partial charge in [-0.05, 0) is 37.8 Å².